The van der Waals surface area contributed by atoms with E-state index in [2.05, 4.69) is 16.9 Å². The first-order valence-electron chi connectivity index (χ1n) is 9.79. The molecule has 0 atom stereocenters. The van der Waals surface area contributed by atoms with Gasteiger partial charge in [-0.25, -0.2) is 0 Å². The van der Waals surface area contributed by atoms with Crippen LogP contribution in [0.4, 0.5) is 0 Å². The number of halogens is 1. The van der Waals surface area contributed by atoms with Crippen molar-refractivity contribution < 1.29 is 4.79 Å². The van der Waals surface area contributed by atoms with E-state index in [0.717, 1.165) is 49.4 Å². The van der Waals surface area contributed by atoms with E-state index in [1.807, 2.05) is 53.2 Å². The van der Waals surface area contributed by atoms with Crippen molar-refractivity contribution in [3.05, 3.63) is 64.9 Å². The van der Waals surface area contributed by atoms with E-state index in [1.165, 1.54) is 0 Å². The van der Waals surface area contributed by atoms with Gasteiger partial charge in [-0.2, -0.15) is 0 Å². The van der Waals surface area contributed by atoms with E-state index in [1.54, 1.807) is 12.4 Å². The molecule has 7 heteroatoms. The van der Waals surface area contributed by atoms with Gasteiger partial charge in [-0.15, -0.1) is 0 Å². The zero-order chi connectivity index (χ0) is 20.8. The maximum Gasteiger partial charge on any atom is 0.242 e. The van der Waals surface area contributed by atoms with Gasteiger partial charge in [-0.1, -0.05) is 23.7 Å². The molecular formula is C22H28ClN5O. The number of amides is 1. The number of likely N-dealkylation sites (N-methyl/N-ethyl adjacent to an activating group) is 2. The summed E-state index contributed by atoms with van der Waals surface area (Å²) in [7, 11) is 4.00. The minimum absolute atomic E-state index is 0.110. The van der Waals surface area contributed by atoms with Crippen LogP contribution in [-0.2, 0) is 4.79 Å². The van der Waals surface area contributed by atoms with Crippen molar-refractivity contribution in [1.29, 1.82) is 0 Å². The van der Waals surface area contributed by atoms with Gasteiger partial charge < -0.3 is 20.4 Å². The normalized spacial score (nSPS) is 16.2. The van der Waals surface area contributed by atoms with Crippen LogP contribution in [0.2, 0.25) is 5.02 Å². The quantitative estimate of drug-likeness (QED) is 0.816. The highest BCUT2D eigenvalue weighted by Crippen LogP contribution is 2.26. The molecule has 0 unspecified atom stereocenters. The van der Waals surface area contributed by atoms with E-state index in [-0.39, 0.29) is 12.5 Å². The van der Waals surface area contributed by atoms with Crippen LogP contribution in [0.5, 0.6) is 0 Å². The summed E-state index contributed by atoms with van der Waals surface area (Å²) in [6, 6.07) is 11.2. The Balaban J connectivity index is 1.87. The van der Waals surface area contributed by atoms with Gasteiger partial charge in [0.25, 0.3) is 0 Å². The number of nitrogens with zero attached hydrogens (tertiary/aromatic N) is 4. The largest absolute Gasteiger partial charge is 0.397 e. The number of hydrogen-bond donors (Lipinski definition) is 1. The number of rotatable bonds is 5. The van der Waals surface area contributed by atoms with Crippen molar-refractivity contribution in [3.63, 3.8) is 0 Å². The SMILES string of the molecule is CN1CCCN(C(=O)CN(C)/C(=C(\N)c2ccc(Cl)cc2)c2ccncc2)CC1. The molecule has 0 spiro atoms. The van der Waals surface area contributed by atoms with Gasteiger partial charge in [0.05, 0.1) is 17.9 Å². The molecular weight excluding hydrogens is 386 g/mol. The first-order chi connectivity index (χ1) is 14.0. The number of aromatic nitrogens is 1. The predicted octanol–water partition coefficient (Wildman–Crippen LogP) is 2.62. The van der Waals surface area contributed by atoms with Gasteiger partial charge in [-0.3, -0.25) is 9.78 Å². The maximum atomic E-state index is 13.0. The maximum absolute atomic E-state index is 13.0. The van der Waals surface area contributed by atoms with Crippen LogP contribution in [0.25, 0.3) is 11.4 Å². The first kappa shape index (κ1) is 21.1. The Bertz CT molecular complexity index is 853. The van der Waals surface area contributed by atoms with Crippen molar-refractivity contribution in [2.75, 3.05) is 46.8 Å². The lowest BCUT2D eigenvalue weighted by molar-refractivity contribution is -0.131. The average Bonchev–Trinajstić information content (AvgIpc) is 2.94. The average molecular weight is 414 g/mol. The second-order valence-corrected chi connectivity index (χ2v) is 7.84. The standard InChI is InChI=1S/C22H28ClN5O/c1-26-12-3-13-28(15-14-26)20(29)16-27(2)22(18-8-10-25-11-9-18)21(24)17-4-6-19(23)7-5-17/h4-11H,3,12-16,24H2,1-2H3/b22-21-. The number of pyridine rings is 1. The number of carbonyl (C=O) groups is 1. The predicted molar refractivity (Wildman–Crippen MR) is 118 cm³/mol. The number of nitrogens with two attached hydrogens (primary N) is 1. The monoisotopic (exact) mass is 413 g/mol. The van der Waals surface area contributed by atoms with Crippen LogP contribution in [0.3, 0.4) is 0 Å². The molecule has 1 aliphatic rings. The van der Waals surface area contributed by atoms with Crippen LogP contribution in [-0.4, -0.2) is 72.4 Å². The molecule has 0 saturated carbocycles. The fourth-order valence-corrected chi connectivity index (χ4v) is 3.66. The Morgan fingerprint density at radius 2 is 1.76 bits per heavy atom. The van der Waals surface area contributed by atoms with E-state index in [9.17, 15) is 4.79 Å². The Hall–Kier alpha value is -2.57. The van der Waals surface area contributed by atoms with E-state index >= 15 is 0 Å². The summed E-state index contributed by atoms with van der Waals surface area (Å²) in [5.41, 5.74) is 9.73. The molecule has 1 amide bonds. The molecule has 2 heterocycles. The van der Waals surface area contributed by atoms with Gasteiger partial charge in [0.1, 0.15) is 0 Å². The highest BCUT2D eigenvalue weighted by atomic mass is 35.5. The highest BCUT2D eigenvalue weighted by Gasteiger charge is 2.21. The van der Waals surface area contributed by atoms with Crippen LogP contribution in [0.1, 0.15) is 17.5 Å². The lowest BCUT2D eigenvalue weighted by atomic mass is 10.1. The zero-order valence-electron chi connectivity index (χ0n) is 17.0. The Morgan fingerprint density at radius 1 is 1.07 bits per heavy atom. The summed E-state index contributed by atoms with van der Waals surface area (Å²) in [5.74, 6) is 0.110. The molecule has 29 heavy (non-hydrogen) atoms. The van der Waals surface area contributed by atoms with Gasteiger partial charge in [0.15, 0.2) is 0 Å². The van der Waals surface area contributed by atoms with Crippen molar-refractivity contribution >= 4 is 28.9 Å². The van der Waals surface area contributed by atoms with Gasteiger partial charge >= 0.3 is 0 Å². The summed E-state index contributed by atoms with van der Waals surface area (Å²) in [6.45, 7) is 3.72. The molecule has 1 aliphatic heterocycles. The third kappa shape index (κ3) is 5.49. The van der Waals surface area contributed by atoms with Crippen molar-refractivity contribution in [3.8, 4) is 0 Å². The van der Waals surface area contributed by atoms with Crippen LogP contribution in [0.15, 0.2) is 48.8 Å². The zero-order valence-corrected chi connectivity index (χ0v) is 17.8. The number of carbonyl (C=O) groups excluding carboxylic acids is 1. The topological polar surface area (TPSA) is 65.7 Å². The molecule has 0 aliphatic carbocycles. The minimum atomic E-state index is 0.110. The molecule has 2 aromatic rings. The number of benzene rings is 1. The van der Waals surface area contributed by atoms with Crippen molar-refractivity contribution in [2.24, 2.45) is 5.73 Å². The second kappa shape index (κ2) is 9.76. The lowest BCUT2D eigenvalue weighted by Crippen LogP contribution is -2.40. The Morgan fingerprint density at radius 3 is 2.45 bits per heavy atom. The van der Waals surface area contributed by atoms with Crippen molar-refractivity contribution in [1.82, 2.24) is 19.7 Å². The first-order valence-corrected chi connectivity index (χ1v) is 10.2. The van der Waals surface area contributed by atoms with Crippen LogP contribution in [0, 0.1) is 0 Å². The molecule has 6 nitrogen and oxygen atoms in total. The fourth-order valence-electron chi connectivity index (χ4n) is 3.54. The minimum Gasteiger partial charge on any atom is -0.397 e. The molecule has 0 bridgehead atoms. The van der Waals surface area contributed by atoms with Crippen molar-refractivity contribution in [2.45, 2.75) is 6.42 Å². The van der Waals surface area contributed by atoms with E-state index < -0.39 is 0 Å². The molecule has 1 aromatic carbocycles. The number of hydrogen-bond acceptors (Lipinski definition) is 5. The lowest BCUT2D eigenvalue weighted by Gasteiger charge is -2.28. The third-order valence-electron chi connectivity index (χ3n) is 5.19. The summed E-state index contributed by atoms with van der Waals surface area (Å²) >= 11 is 6.02. The van der Waals surface area contributed by atoms with Crippen LogP contribution < -0.4 is 5.73 Å². The molecule has 1 aromatic heterocycles. The summed E-state index contributed by atoms with van der Waals surface area (Å²) in [4.78, 5) is 23.2. The van der Waals surface area contributed by atoms with Gasteiger partial charge in [-0.05, 0) is 49.8 Å². The molecule has 1 saturated heterocycles. The third-order valence-corrected chi connectivity index (χ3v) is 5.44. The fraction of sp³-hybridized carbons (Fsp3) is 0.364. The highest BCUT2D eigenvalue weighted by molar-refractivity contribution is 6.30. The summed E-state index contributed by atoms with van der Waals surface area (Å²) < 4.78 is 0. The second-order valence-electron chi connectivity index (χ2n) is 7.40. The molecule has 154 valence electrons. The van der Waals surface area contributed by atoms with Gasteiger partial charge in [0, 0.05) is 49.7 Å². The summed E-state index contributed by atoms with van der Waals surface area (Å²) in [6.07, 6.45) is 4.45. The summed E-state index contributed by atoms with van der Waals surface area (Å²) in [5, 5.41) is 0.654. The van der Waals surface area contributed by atoms with E-state index in [4.69, 9.17) is 17.3 Å². The smallest absolute Gasteiger partial charge is 0.242 e. The molecule has 0 radical (unpaired) electrons. The molecule has 3 rings (SSSR count). The van der Waals surface area contributed by atoms with E-state index in [0.29, 0.717) is 10.7 Å². The van der Waals surface area contributed by atoms with Crippen LogP contribution >= 0.6 is 11.6 Å². The molecule has 2 N–H and O–H groups in total. The van der Waals surface area contributed by atoms with Gasteiger partial charge in [0.2, 0.25) is 5.91 Å². The Kier molecular flexibility index (Phi) is 7.12. The Labute approximate surface area is 177 Å². The molecule has 1 fully saturated rings.